The molecule has 0 atom stereocenters. The van der Waals surface area contributed by atoms with Crippen molar-refractivity contribution >= 4 is 27.5 Å². The lowest BCUT2D eigenvalue weighted by Crippen LogP contribution is -2.16. The van der Waals surface area contributed by atoms with Crippen molar-refractivity contribution in [2.24, 2.45) is 0 Å². The van der Waals surface area contributed by atoms with Gasteiger partial charge < -0.3 is 4.74 Å². The highest BCUT2D eigenvalue weighted by Gasteiger charge is 2.19. The summed E-state index contributed by atoms with van der Waals surface area (Å²) in [5.41, 5.74) is -0.448. The van der Waals surface area contributed by atoms with Crippen molar-refractivity contribution in [3.63, 3.8) is 0 Å². The van der Waals surface area contributed by atoms with E-state index in [1.165, 1.54) is 24.3 Å². The number of amides is 1. The van der Waals surface area contributed by atoms with Crippen LogP contribution in [0.25, 0.3) is 0 Å². The van der Waals surface area contributed by atoms with E-state index in [2.05, 4.69) is 10.1 Å². The van der Waals surface area contributed by atoms with Gasteiger partial charge in [-0.15, -0.1) is 0 Å². The number of carbonyl (C=O) groups excluding carboxylic acids is 1. The molecule has 0 saturated heterocycles. The first-order chi connectivity index (χ1) is 11.3. The molecule has 0 saturated carbocycles. The maximum Gasteiger partial charge on any atom is 0.411 e. The van der Waals surface area contributed by atoms with E-state index in [-0.39, 0.29) is 11.5 Å². The lowest BCUT2D eigenvalue weighted by molar-refractivity contribution is 0.168. The minimum Gasteiger partial charge on any atom is -0.450 e. The number of halogens is 2. The topological polar surface area (TPSA) is 84.5 Å². The lowest BCUT2D eigenvalue weighted by Gasteiger charge is -2.10. The number of rotatable bonds is 5. The number of benzene rings is 2. The quantitative estimate of drug-likeness (QED) is 0.861. The summed E-state index contributed by atoms with van der Waals surface area (Å²) in [6, 6.07) is 8.01. The van der Waals surface area contributed by atoms with E-state index in [0.717, 1.165) is 18.2 Å². The first-order valence-electron chi connectivity index (χ1n) is 6.84. The van der Waals surface area contributed by atoms with Crippen LogP contribution in [0.1, 0.15) is 6.92 Å². The third-order valence-corrected chi connectivity index (χ3v) is 4.25. The van der Waals surface area contributed by atoms with Crippen LogP contribution in [0.5, 0.6) is 0 Å². The Bertz CT molecular complexity index is 819. The molecule has 0 aliphatic rings. The zero-order chi connectivity index (χ0) is 17.7. The fourth-order valence-electron chi connectivity index (χ4n) is 1.79. The largest absolute Gasteiger partial charge is 0.450 e. The zero-order valence-electron chi connectivity index (χ0n) is 12.5. The minimum atomic E-state index is -4.19. The first kappa shape index (κ1) is 17.7. The van der Waals surface area contributed by atoms with Gasteiger partial charge in [0.2, 0.25) is 0 Å². The second-order valence-corrected chi connectivity index (χ2v) is 6.25. The van der Waals surface area contributed by atoms with Gasteiger partial charge in [0, 0.05) is 5.69 Å². The Labute approximate surface area is 137 Å². The zero-order valence-corrected chi connectivity index (χ0v) is 13.4. The molecule has 0 bridgehead atoms. The van der Waals surface area contributed by atoms with Crippen LogP contribution in [0.3, 0.4) is 0 Å². The average Bonchev–Trinajstić information content (AvgIpc) is 2.52. The van der Waals surface area contributed by atoms with Gasteiger partial charge in [-0.3, -0.25) is 10.0 Å². The SMILES string of the molecule is CCOC(=O)Nc1ccc(S(=O)(=O)Nc2c(F)cccc2F)cc1. The second kappa shape index (κ2) is 7.26. The fraction of sp³-hybridized carbons (Fsp3) is 0.133. The summed E-state index contributed by atoms with van der Waals surface area (Å²) in [7, 11) is -4.19. The van der Waals surface area contributed by atoms with Gasteiger partial charge in [-0.2, -0.15) is 0 Å². The molecule has 1 amide bonds. The van der Waals surface area contributed by atoms with Gasteiger partial charge in [0.15, 0.2) is 0 Å². The average molecular weight is 356 g/mol. The van der Waals surface area contributed by atoms with E-state index in [4.69, 9.17) is 0 Å². The molecule has 0 aromatic heterocycles. The summed E-state index contributed by atoms with van der Waals surface area (Å²) in [6.07, 6.45) is -0.681. The van der Waals surface area contributed by atoms with E-state index >= 15 is 0 Å². The Morgan fingerprint density at radius 1 is 1.08 bits per heavy atom. The van der Waals surface area contributed by atoms with E-state index in [1.807, 2.05) is 4.72 Å². The van der Waals surface area contributed by atoms with Crippen LogP contribution in [0, 0.1) is 11.6 Å². The van der Waals surface area contributed by atoms with Crippen molar-refractivity contribution in [1.29, 1.82) is 0 Å². The number of carbonyl (C=O) groups is 1. The number of para-hydroxylation sites is 1. The lowest BCUT2D eigenvalue weighted by atomic mass is 10.3. The molecule has 0 aliphatic heterocycles. The van der Waals surface area contributed by atoms with Gasteiger partial charge in [-0.05, 0) is 43.3 Å². The molecular formula is C15H14F2N2O4S. The van der Waals surface area contributed by atoms with E-state index in [0.29, 0.717) is 5.69 Å². The van der Waals surface area contributed by atoms with Gasteiger partial charge in [0.05, 0.1) is 11.5 Å². The molecule has 0 aliphatic carbocycles. The van der Waals surface area contributed by atoms with Gasteiger partial charge in [-0.1, -0.05) is 6.07 Å². The molecule has 0 unspecified atom stereocenters. The maximum absolute atomic E-state index is 13.5. The van der Waals surface area contributed by atoms with Gasteiger partial charge in [0.1, 0.15) is 17.3 Å². The van der Waals surface area contributed by atoms with Crippen molar-refractivity contribution in [3.05, 3.63) is 54.1 Å². The van der Waals surface area contributed by atoms with Crippen LogP contribution < -0.4 is 10.0 Å². The molecule has 0 radical (unpaired) electrons. The van der Waals surface area contributed by atoms with E-state index in [9.17, 15) is 22.0 Å². The molecule has 24 heavy (non-hydrogen) atoms. The van der Waals surface area contributed by atoms with Crippen LogP contribution in [0.15, 0.2) is 47.4 Å². The fourth-order valence-corrected chi connectivity index (χ4v) is 2.87. The highest BCUT2D eigenvalue weighted by Crippen LogP contribution is 2.23. The Kier molecular flexibility index (Phi) is 5.35. The third kappa shape index (κ3) is 4.19. The molecule has 6 nitrogen and oxygen atoms in total. The number of anilines is 2. The van der Waals surface area contributed by atoms with E-state index < -0.39 is 33.4 Å². The molecule has 128 valence electrons. The van der Waals surface area contributed by atoms with Crippen LogP contribution >= 0.6 is 0 Å². The molecule has 2 aromatic carbocycles. The van der Waals surface area contributed by atoms with Crippen molar-refractivity contribution in [2.45, 2.75) is 11.8 Å². The predicted molar refractivity (Wildman–Crippen MR) is 84.3 cm³/mol. The highest BCUT2D eigenvalue weighted by molar-refractivity contribution is 7.92. The molecule has 0 fully saturated rings. The summed E-state index contributed by atoms with van der Waals surface area (Å²) in [4.78, 5) is 11.0. The third-order valence-electron chi connectivity index (χ3n) is 2.89. The molecular weight excluding hydrogens is 342 g/mol. The summed E-state index contributed by atoms with van der Waals surface area (Å²) < 4.78 is 58.0. The molecule has 9 heteroatoms. The Balaban J connectivity index is 2.19. The molecule has 2 N–H and O–H groups in total. The van der Waals surface area contributed by atoms with Gasteiger partial charge in [0.25, 0.3) is 10.0 Å². The predicted octanol–water partition coefficient (Wildman–Crippen LogP) is 3.33. The van der Waals surface area contributed by atoms with Crippen molar-refractivity contribution < 1.29 is 26.7 Å². The van der Waals surface area contributed by atoms with Crippen molar-refractivity contribution in [2.75, 3.05) is 16.6 Å². The molecule has 2 aromatic rings. The number of ether oxygens (including phenoxy) is 1. The normalized spacial score (nSPS) is 11.0. The van der Waals surface area contributed by atoms with Crippen molar-refractivity contribution in [3.8, 4) is 0 Å². The van der Waals surface area contributed by atoms with E-state index in [1.54, 1.807) is 6.92 Å². The number of hydrogen-bond donors (Lipinski definition) is 2. The van der Waals surface area contributed by atoms with Crippen LogP contribution in [-0.4, -0.2) is 21.1 Å². The van der Waals surface area contributed by atoms with Crippen LogP contribution in [0.2, 0.25) is 0 Å². The monoisotopic (exact) mass is 356 g/mol. The maximum atomic E-state index is 13.5. The number of nitrogens with one attached hydrogen (secondary N) is 2. The van der Waals surface area contributed by atoms with Crippen LogP contribution in [0.4, 0.5) is 25.0 Å². The first-order valence-corrected chi connectivity index (χ1v) is 8.32. The van der Waals surface area contributed by atoms with Gasteiger partial charge >= 0.3 is 6.09 Å². The summed E-state index contributed by atoms with van der Waals surface area (Å²) in [5.74, 6) is -2.06. The number of hydrogen-bond acceptors (Lipinski definition) is 4. The molecule has 0 heterocycles. The molecule has 0 spiro atoms. The van der Waals surface area contributed by atoms with Crippen LogP contribution in [-0.2, 0) is 14.8 Å². The van der Waals surface area contributed by atoms with Gasteiger partial charge in [-0.25, -0.2) is 22.0 Å². The number of sulfonamides is 1. The summed E-state index contributed by atoms with van der Waals surface area (Å²) in [5, 5.41) is 2.39. The Morgan fingerprint density at radius 2 is 1.67 bits per heavy atom. The smallest absolute Gasteiger partial charge is 0.411 e. The summed E-state index contributed by atoms with van der Waals surface area (Å²) in [6.45, 7) is 1.83. The Morgan fingerprint density at radius 3 is 2.21 bits per heavy atom. The van der Waals surface area contributed by atoms with Crippen molar-refractivity contribution in [1.82, 2.24) is 0 Å². The minimum absolute atomic E-state index is 0.191. The Hall–Kier alpha value is -2.68. The standard InChI is InChI=1S/C15H14F2N2O4S/c1-2-23-15(20)18-10-6-8-11(9-7-10)24(21,22)19-14-12(16)4-3-5-13(14)17/h3-9,19H,2H2,1H3,(H,18,20). The second-order valence-electron chi connectivity index (χ2n) is 4.57. The molecule has 2 rings (SSSR count). The summed E-state index contributed by atoms with van der Waals surface area (Å²) >= 11 is 0. The highest BCUT2D eigenvalue weighted by atomic mass is 32.2.